The summed E-state index contributed by atoms with van der Waals surface area (Å²) < 4.78 is 2.15. The van der Waals surface area contributed by atoms with E-state index in [1.54, 1.807) is 0 Å². The third kappa shape index (κ3) is 1.73. The van der Waals surface area contributed by atoms with E-state index < -0.39 is 0 Å². The second-order valence-electron chi connectivity index (χ2n) is 5.80. The Balaban J connectivity index is 1.83. The highest BCUT2D eigenvalue weighted by Gasteiger charge is 2.21. The zero-order chi connectivity index (χ0) is 15.4. The fraction of sp³-hybridized carbons (Fsp3) is 0.111. The first-order chi connectivity index (χ1) is 11.3. The van der Waals surface area contributed by atoms with Gasteiger partial charge in [-0.3, -0.25) is 4.79 Å². The van der Waals surface area contributed by atoms with Gasteiger partial charge < -0.3 is 14.9 Å². The zero-order valence-corrected chi connectivity index (χ0v) is 12.3. The summed E-state index contributed by atoms with van der Waals surface area (Å²) >= 11 is 0. The van der Waals surface area contributed by atoms with E-state index in [0.717, 1.165) is 39.9 Å². The minimum absolute atomic E-state index is 0.0260. The SMILES string of the molecule is O=C1NCCn2c(-c3ccc4[nH]ccc4c3)nc3cccc1c32. The van der Waals surface area contributed by atoms with Crippen molar-refractivity contribution in [2.45, 2.75) is 6.54 Å². The number of fused-ring (bicyclic) bond motifs is 1. The van der Waals surface area contributed by atoms with E-state index in [4.69, 9.17) is 4.98 Å². The van der Waals surface area contributed by atoms with Gasteiger partial charge in [-0.2, -0.15) is 0 Å². The molecule has 0 unspecified atom stereocenters. The Bertz CT molecular complexity index is 1070. The second kappa shape index (κ2) is 4.46. The number of imidazole rings is 1. The van der Waals surface area contributed by atoms with Crippen molar-refractivity contribution in [2.75, 3.05) is 6.54 Å². The summed E-state index contributed by atoms with van der Waals surface area (Å²) in [5.74, 6) is 0.883. The van der Waals surface area contributed by atoms with Crippen LogP contribution in [0, 0.1) is 0 Å². The van der Waals surface area contributed by atoms with Gasteiger partial charge in [0.25, 0.3) is 5.91 Å². The smallest absolute Gasteiger partial charge is 0.253 e. The number of rotatable bonds is 1. The highest BCUT2D eigenvalue weighted by molar-refractivity contribution is 6.06. The van der Waals surface area contributed by atoms with Gasteiger partial charge in [0.2, 0.25) is 0 Å². The fourth-order valence-corrected chi connectivity index (χ4v) is 3.38. The van der Waals surface area contributed by atoms with Crippen LogP contribution in [0.3, 0.4) is 0 Å². The number of nitrogens with zero attached hydrogens (tertiary/aromatic N) is 2. The third-order valence-electron chi connectivity index (χ3n) is 4.44. The van der Waals surface area contributed by atoms with E-state index in [1.165, 1.54) is 0 Å². The van der Waals surface area contributed by atoms with Crippen molar-refractivity contribution in [2.24, 2.45) is 0 Å². The van der Waals surface area contributed by atoms with Gasteiger partial charge in [-0.1, -0.05) is 6.07 Å². The predicted octanol–water partition coefficient (Wildman–Crippen LogP) is 2.93. The van der Waals surface area contributed by atoms with Crippen molar-refractivity contribution in [3.05, 3.63) is 54.2 Å². The van der Waals surface area contributed by atoms with Crippen LogP contribution in [0.15, 0.2) is 48.7 Å². The van der Waals surface area contributed by atoms with Gasteiger partial charge in [-0.05, 0) is 36.4 Å². The molecule has 1 amide bonds. The molecule has 2 aromatic carbocycles. The number of nitrogens with one attached hydrogen (secondary N) is 2. The van der Waals surface area contributed by atoms with E-state index >= 15 is 0 Å². The van der Waals surface area contributed by atoms with Crippen LogP contribution in [0.5, 0.6) is 0 Å². The van der Waals surface area contributed by atoms with E-state index in [0.29, 0.717) is 12.1 Å². The van der Waals surface area contributed by atoms with Crippen LogP contribution < -0.4 is 5.32 Å². The molecule has 0 fully saturated rings. The Labute approximate surface area is 132 Å². The highest BCUT2D eigenvalue weighted by Crippen LogP contribution is 2.29. The number of aromatic nitrogens is 3. The van der Waals surface area contributed by atoms with Gasteiger partial charge in [-0.15, -0.1) is 0 Å². The van der Waals surface area contributed by atoms with E-state index in [9.17, 15) is 4.79 Å². The monoisotopic (exact) mass is 302 g/mol. The zero-order valence-electron chi connectivity index (χ0n) is 12.3. The maximum Gasteiger partial charge on any atom is 0.253 e. The lowest BCUT2D eigenvalue weighted by molar-refractivity contribution is 0.0956. The maximum absolute atomic E-state index is 12.2. The molecule has 5 nitrogen and oxygen atoms in total. The summed E-state index contributed by atoms with van der Waals surface area (Å²) in [6.07, 6.45) is 1.94. The molecule has 1 aliphatic heterocycles. The highest BCUT2D eigenvalue weighted by atomic mass is 16.1. The van der Waals surface area contributed by atoms with Gasteiger partial charge in [0.05, 0.1) is 16.6 Å². The van der Waals surface area contributed by atoms with Crippen molar-refractivity contribution < 1.29 is 4.79 Å². The van der Waals surface area contributed by atoms with Crippen LogP contribution >= 0.6 is 0 Å². The van der Waals surface area contributed by atoms with E-state index in [1.807, 2.05) is 24.4 Å². The van der Waals surface area contributed by atoms with Crippen LogP contribution in [0.1, 0.15) is 10.4 Å². The van der Waals surface area contributed by atoms with Crippen molar-refractivity contribution in [1.82, 2.24) is 19.9 Å². The normalized spacial score (nSPS) is 14.2. The van der Waals surface area contributed by atoms with Gasteiger partial charge in [-0.25, -0.2) is 4.98 Å². The number of hydrogen-bond donors (Lipinski definition) is 2. The standard InChI is InChI=1S/C18H14N4O/c23-18-13-2-1-3-15-16(13)22(9-8-20-18)17(21-15)12-4-5-14-11(10-12)6-7-19-14/h1-7,10,19H,8-9H2,(H,20,23). The Hall–Kier alpha value is -3.08. The quantitative estimate of drug-likeness (QED) is 0.568. The number of carbonyl (C=O) groups excluding carboxylic acids is 1. The lowest BCUT2D eigenvalue weighted by Gasteiger charge is -2.07. The number of hydrogen-bond acceptors (Lipinski definition) is 2. The second-order valence-corrected chi connectivity index (χ2v) is 5.80. The van der Waals surface area contributed by atoms with Crippen molar-refractivity contribution >= 4 is 27.8 Å². The van der Waals surface area contributed by atoms with Crippen molar-refractivity contribution in [3.8, 4) is 11.4 Å². The molecular weight excluding hydrogens is 288 g/mol. The molecule has 0 radical (unpaired) electrons. The molecule has 2 aromatic heterocycles. The molecule has 4 aromatic rings. The largest absolute Gasteiger partial charge is 0.361 e. The number of carbonyl (C=O) groups is 1. The summed E-state index contributed by atoms with van der Waals surface area (Å²) in [5.41, 5.74) is 4.66. The molecule has 0 aliphatic carbocycles. The Morgan fingerprint density at radius 1 is 1.13 bits per heavy atom. The van der Waals surface area contributed by atoms with Crippen molar-refractivity contribution in [3.63, 3.8) is 0 Å². The molecule has 1 aliphatic rings. The molecule has 112 valence electrons. The first kappa shape index (κ1) is 12.5. The average molecular weight is 302 g/mol. The number of benzene rings is 2. The number of H-pyrrole nitrogens is 1. The minimum Gasteiger partial charge on any atom is -0.361 e. The van der Waals surface area contributed by atoms with Crippen LogP contribution in [-0.4, -0.2) is 27.0 Å². The number of para-hydroxylation sites is 1. The minimum atomic E-state index is -0.0260. The first-order valence-corrected chi connectivity index (χ1v) is 7.66. The van der Waals surface area contributed by atoms with Gasteiger partial charge in [0, 0.05) is 35.8 Å². The molecule has 0 saturated carbocycles. The maximum atomic E-state index is 12.2. The lowest BCUT2D eigenvalue weighted by Crippen LogP contribution is -2.24. The first-order valence-electron chi connectivity index (χ1n) is 7.66. The van der Waals surface area contributed by atoms with Crippen LogP contribution in [0.25, 0.3) is 33.3 Å². The Morgan fingerprint density at radius 2 is 2.09 bits per heavy atom. The summed E-state index contributed by atoms with van der Waals surface area (Å²) in [6.45, 7) is 1.33. The Kier molecular flexibility index (Phi) is 2.42. The van der Waals surface area contributed by atoms with Crippen LogP contribution in [0.4, 0.5) is 0 Å². The average Bonchev–Trinajstić information content (AvgIpc) is 3.13. The summed E-state index contributed by atoms with van der Waals surface area (Å²) in [4.78, 5) is 20.2. The molecule has 0 saturated heterocycles. The van der Waals surface area contributed by atoms with Crippen LogP contribution in [-0.2, 0) is 6.54 Å². The number of aromatic amines is 1. The summed E-state index contributed by atoms with van der Waals surface area (Å²) in [6, 6.07) is 14.0. The third-order valence-corrected chi connectivity index (χ3v) is 4.44. The molecule has 0 atom stereocenters. The molecule has 2 N–H and O–H groups in total. The van der Waals surface area contributed by atoms with E-state index in [2.05, 4.69) is 39.1 Å². The predicted molar refractivity (Wildman–Crippen MR) is 89.4 cm³/mol. The van der Waals surface area contributed by atoms with E-state index in [-0.39, 0.29) is 5.91 Å². The molecule has 5 heteroatoms. The topological polar surface area (TPSA) is 62.7 Å². The van der Waals surface area contributed by atoms with Gasteiger partial charge in [0.15, 0.2) is 0 Å². The molecule has 0 bridgehead atoms. The number of amides is 1. The molecular formula is C18H14N4O. The molecule has 5 rings (SSSR count). The summed E-state index contributed by atoms with van der Waals surface area (Å²) in [7, 11) is 0. The fourth-order valence-electron chi connectivity index (χ4n) is 3.38. The van der Waals surface area contributed by atoms with Gasteiger partial charge in [0.1, 0.15) is 5.82 Å². The lowest BCUT2D eigenvalue weighted by atomic mass is 10.1. The molecule has 23 heavy (non-hydrogen) atoms. The van der Waals surface area contributed by atoms with Gasteiger partial charge >= 0.3 is 0 Å². The van der Waals surface area contributed by atoms with Crippen LogP contribution in [0.2, 0.25) is 0 Å². The summed E-state index contributed by atoms with van der Waals surface area (Å²) in [5, 5.41) is 4.11. The van der Waals surface area contributed by atoms with Crippen molar-refractivity contribution in [1.29, 1.82) is 0 Å². The Morgan fingerprint density at radius 3 is 3.04 bits per heavy atom. The molecule has 3 heterocycles. The molecule has 0 spiro atoms.